The van der Waals surface area contributed by atoms with Crippen molar-refractivity contribution in [2.24, 2.45) is 0 Å². The largest absolute Gasteiger partial charge is 0.309 e. The van der Waals surface area contributed by atoms with Gasteiger partial charge in [-0.15, -0.1) is 22.7 Å². The van der Waals surface area contributed by atoms with Gasteiger partial charge in [0.05, 0.1) is 0 Å². The van der Waals surface area contributed by atoms with Crippen molar-refractivity contribution in [2.45, 2.75) is 33.2 Å². The predicted octanol–water partition coefficient (Wildman–Crippen LogP) is 5.08. The van der Waals surface area contributed by atoms with Crippen molar-refractivity contribution in [3.8, 4) is 0 Å². The standard InChI is InChI=1S/C14H18BrNS2/c1-4-16-12(8-13-11(15)5-6-17-13)14-7-9(2)10(3)18-14/h5-7,12,16H,4,8H2,1-3H3. The van der Waals surface area contributed by atoms with E-state index in [9.17, 15) is 0 Å². The molecule has 0 aliphatic heterocycles. The lowest BCUT2D eigenvalue weighted by Crippen LogP contribution is -2.21. The fourth-order valence-electron chi connectivity index (χ4n) is 1.95. The summed E-state index contributed by atoms with van der Waals surface area (Å²) >= 11 is 7.37. The van der Waals surface area contributed by atoms with Crippen LogP contribution in [0.4, 0.5) is 0 Å². The van der Waals surface area contributed by atoms with Crippen LogP contribution in [0.2, 0.25) is 0 Å². The molecule has 1 unspecified atom stereocenters. The van der Waals surface area contributed by atoms with Gasteiger partial charge in [0.1, 0.15) is 0 Å². The Bertz CT molecular complexity index is 496. The van der Waals surface area contributed by atoms with E-state index >= 15 is 0 Å². The van der Waals surface area contributed by atoms with Gasteiger partial charge >= 0.3 is 0 Å². The van der Waals surface area contributed by atoms with E-state index in [0.717, 1.165) is 13.0 Å². The molecule has 98 valence electrons. The normalized spacial score (nSPS) is 12.9. The van der Waals surface area contributed by atoms with Crippen LogP contribution in [0.1, 0.15) is 33.2 Å². The first-order chi connectivity index (χ1) is 8.61. The van der Waals surface area contributed by atoms with Crippen LogP contribution >= 0.6 is 38.6 Å². The minimum Gasteiger partial charge on any atom is -0.309 e. The van der Waals surface area contributed by atoms with Gasteiger partial charge in [-0.1, -0.05) is 6.92 Å². The Hall–Kier alpha value is -0.160. The zero-order valence-corrected chi connectivity index (χ0v) is 14.1. The van der Waals surface area contributed by atoms with E-state index in [-0.39, 0.29) is 0 Å². The van der Waals surface area contributed by atoms with Gasteiger partial charge in [0, 0.05) is 31.6 Å². The molecule has 2 aromatic heterocycles. The molecule has 4 heteroatoms. The summed E-state index contributed by atoms with van der Waals surface area (Å²) in [6.45, 7) is 7.57. The van der Waals surface area contributed by atoms with E-state index in [1.54, 1.807) is 0 Å². The lowest BCUT2D eigenvalue weighted by molar-refractivity contribution is 0.561. The van der Waals surface area contributed by atoms with Crippen LogP contribution in [-0.2, 0) is 6.42 Å². The van der Waals surface area contributed by atoms with Crippen LogP contribution in [0.25, 0.3) is 0 Å². The van der Waals surface area contributed by atoms with E-state index in [1.165, 1.54) is 24.7 Å². The number of hydrogen-bond acceptors (Lipinski definition) is 3. The van der Waals surface area contributed by atoms with Gasteiger partial charge in [-0.3, -0.25) is 0 Å². The SMILES string of the molecule is CCNC(Cc1sccc1Br)c1cc(C)c(C)s1. The topological polar surface area (TPSA) is 12.0 Å². The molecule has 0 radical (unpaired) electrons. The lowest BCUT2D eigenvalue weighted by atomic mass is 10.1. The van der Waals surface area contributed by atoms with E-state index < -0.39 is 0 Å². The average molecular weight is 344 g/mol. The third kappa shape index (κ3) is 3.23. The molecule has 2 heterocycles. The second-order valence-corrected chi connectivity index (χ2v) is 7.54. The second kappa shape index (κ2) is 6.33. The molecule has 0 saturated carbocycles. The zero-order chi connectivity index (χ0) is 13.1. The molecular formula is C14H18BrNS2. The monoisotopic (exact) mass is 343 g/mol. The average Bonchev–Trinajstić information content (AvgIpc) is 2.87. The highest BCUT2D eigenvalue weighted by Gasteiger charge is 2.16. The molecule has 0 fully saturated rings. The maximum atomic E-state index is 3.62. The molecule has 2 aromatic rings. The van der Waals surface area contributed by atoms with Crippen LogP contribution in [0.5, 0.6) is 0 Å². The number of nitrogens with one attached hydrogen (secondary N) is 1. The maximum Gasteiger partial charge on any atom is 0.0464 e. The number of likely N-dealkylation sites (N-methyl/N-ethyl adjacent to an activating group) is 1. The van der Waals surface area contributed by atoms with E-state index in [4.69, 9.17) is 0 Å². The van der Waals surface area contributed by atoms with Crippen molar-refractivity contribution in [1.29, 1.82) is 0 Å². The van der Waals surface area contributed by atoms with Crippen molar-refractivity contribution in [3.63, 3.8) is 0 Å². The summed E-state index contributed by atoms with van der Waals surface area (Å²) in [4.78, 5) is 4.30. The first-order valence-electron chi connectivity index (χ1n) is 6.14. The van der Waals surface area contributed by atoms with Gasteiger partial charge in [-0.25, -0.2) is 0 Å². The highest BCUT2D eigenvalue weighted by molar-refractivity contribution is 9.10. The van der Waals surface area contributed by atoms with Crippen molar-refractivity contribution >= 4 is 38.6 Å². The number of thiophene rings is 2. The van der Waals surface area contributed by atoms with Crippen molar-refractivity contribution in [1.82, 2.24) is 5.32 Å². The molecule has 0 spiro atoms. The van der Waals surface area contributed by atoms with Crippen molar-refractivity contribution < 1.29 is 0 Å². The molecule has 1 N–H and O–H groups in total. The van der Waals surface area contributed by atoms with Gasteiger partial charge in [-0.2, -0.15) is 0 Å². The van der Waals surface area contributed by atoms with Gasteiger partial charge in [0.2, 0.25) is 0 Å². The Balaban J connectivity index is 2.20. The smallest absolute Gasteiger partial charge is 0.0464 e. The summed E-state index contributed by atoms with van der Waals surface area (Å²) in [5, 5.41) is 5.75. The zero-order valence-electron chi connectivity index (χ0n) is 10.9. The lowest BCUT2D eigenvalue weighted by Gasteiger charge is -2.15. The van der Waals surface area contributed by atoms with Gasteiger partial charge < -0.3 is 5.32 Å². The summed E-state index contributed by atoms with van der Waals surface area (Å²) in [6, 6.07) is 4.89. The molecule has 1 atom stereocenters. The predicted molar refractivity (Wildman–Crippen MR) is 85.9 cm³/mol. The number of rotatable bonds is 5. The van der Waals surface area contributed by atoms with Crippen LogP contribution in [0, 0.1) is 13.8 Å². The quantitative estimate of drug-likeness (QED) is 0.797. The fraction of sp³-hybridized carbons (Fsp3) is 0.429. The van der Waals surface area contributed by atoms with Crippen LogP contribution < -0.4 is 5.32 Å². The van der Waals surface area contributed by atoms with E-state index in [2.05, 4.69) is 59.5 Å². The highest BCUT2D eigenvalue weighted by Crippen LogP contribution is 2.32. The first-order valence-corrected chi connectivity index (χ1v) is 8.63. The summed E-state index contributed by atoms with van der Waals surface area (Å²) in [5.74, 6) is 0. The number of aryl methyl sites for hydroxylation is 2. The van der Waals surface area contributed by atoms with Crippen LogP contribution in [0.15, 0.2) is 22.0 Å². The first kappa shape index (κ1) is 14.3. The minimum atomic E-state index is 0.433. The summed E-state index contributed by atoms with van der Waals surface area (Å²) in [5.41, 5.74) is 1.41. The second-order valence-electron chi connectivity index (χ2n) is 4.39. The molecule has 0 bridgehead atoms. The highest BCUT2D eigenvalue weighted by atomic mass is 79.9. The molecular weight excluding hydrogens is 326 g/mol. The van der Waals surface area contributed by atoms with Crippen molar-refractivity contribution in [2.75, 3.05) is 6.54 Å². The molecule has 0 aliphatic carbocycles. The molecule has 18 heavy (non-hydrogen) atoms. The molecule has 0 aliphatic rings. The Morgan fingerprint density at radius 1 is 1.39 bits per heavy atom. The van der Waals surface area contributed by atoms with Gasteiger partial charge in [0.15, 0.2) is 0 Å². The number of halogens is 1. The minimum absolute atomic E-state index is 0.433. The van der Waals surface area contributed by atoms with E-state index in [1.807, 2.05) is 22.7 Å². The van der Waals surface area contributed by atoms with Crippen LogP contribution in [-0.4, -0.2) is 6.54 Å². The molecule has 0 saturated heterocycles. The molecule has 2 rings (SSSR count). The van der Waals surface area contributed by atoms with Gasteiger partial charge in [-0.05, 0) is 59.4 Å². The molecule has 0 aromatic carbocycles. The summed E-state index contributed by atoms with van der Waals surface area (Å²) in [7, 11) is 0. The summed E-state index contributed by atoms with van der Waals surface area (Å²) < 4.78 is 1.24. The Kier molecular flexibility index (Phi) is 5.01. The Labute approximate surface area is 125 Å². The third-order valence-electron chi connectivity index (χ3n) is 3.06. The fourth-order valence-corrected chi connectivity index (χ4v) is 4.63. The molecule has 1 nitrogen and oxygen atoms in total. The third-order valence-corrected chi connectivity index (χ3v) is 6.27. The number of hydrogen-bond donors (Lipinski definition) is 1. The molecule has 0 amide bonds. The van der Waals surface area contributed by atoms with E-state index in [0.29, 0.717) is 6.04 Å². The summed E-state index contributed by atoms with van der Waals surface area (Å²) in [6.07, 6.45) is 1.06. The Morgan fingerprint density at radius 3 is 2.67 bits per heavy atom. The van der Waals surface area contributed by atoms with Crippen molar-refractivity contribution in [3.05, 3.63) is 42.2 Å². The maximum absolute atomic E-state index is 3.62. The Morgan fingerprint density at radius 2 is 2.17 bits per heavy atom. The van der Waals surface area contributed by atoms with Crippen LogP contribution in [0.3, 0.4) is 0 Å². The van der Waals surface area contributed by atoms with Gasteiger partial charge in [0.25, 0.3) is 0 Å².